The smallest absolute Gasteiger partial charge is 0.207 e. The SMILES string of the molecule is CCC1(CC)CCc2ccc(F)c3c2-c2c4c(cc(C)c(F)c4cc[n+]21)C3(C)C. The largest absolute Gasteiger partial charge is 0.221 e. The Bertz CT molecular complexity index is 1190. The van der Waals surface area contributed by atoms with E-state index in [1.807, 2.05) is 25.1 Å². The van der Waals surface area contributed by atoms with Gasteiger partial charge in [-0.1, -0.05) is 39.8 Å². The molecule has 0 fully saturated rings. The highest BCUT2D eigenvalue weighted by Gasteiger charge is 2.48. The molecule has 0 radical (unpaired) electrons. The van der Waals surface area contributed by atoms with Crippen molar-refractivity contribution in [2.75, 3.05) is 0 Å². The lowest BCUT2D eigenvalue weighted by Crippen LogP contribution is -2.57. The molecule has 3 aromatic rings. The Kier molecular flexibility index (Phi) is 3.79. The number of halogens is 2. The monoisotopic (exact) mass is 392 g/mol. The number of nitrogens with zero attached hydrogens (tertiary/aromatic N) is 1. The van der Waals surface area contributed by atoms with E-state index in [1.54, 1.807) is 6.07 Å². The first-order valence-electron chi connectivity index (χ1n) is 10.8. The topological polar surface area (TPSA) is 3.88 Å². The van der Waals surface area contributed by atoms with Crippen LogP contribution in [-0.4, -0.2) is 0 Å². The van der Waals surface area contributed by atoms with Crippen molar-refractivity contribution in [2.45, 2.75) is 71.3 Å². The van der Waals surface area contributed by atoms with Crippen molar-refractivity contribution in [2.24, 2.45) is 0 Å². The van der Waals surface area contributed by atoms with Crippen molar-refractivity contribution in [1.82, 2.24) is 0 Å². The summed E-state index contributed by atoms with van der Waals surface area (Å²) in [6.07, 6.45) is 5.95. The summed E-state index contributed by atoms with van der Waals surface area (Å²) < 4.78 is 33.0. The molecule has 0 unspecified atom stereocenters. The fourth-order valence-corrected chi connectivity index (χ4v) is 5.99. The molecule has 5 rings (SSSR count). The van der Waals surface area contributed by atoms with E-state index < -0.39 is 5.41 Å². The summed E-state index contributed by atoms with van der Waals surface area (Å²) in [4.78, 5) is 0. The fourth-order valence-electron chi connectivity index (χ4n) is 5.99. The van der Waals surface area contributed by atoms with Gasteiger partial charge in [-0.2, -0.15) is 4.57 Å². The Morgan fingerprint density at radius 2 is 1.79 bits per heavy atom. The maximum atomic E-state index is 15.4. The highest BCUT2D eigenvalue weighted by Crippen LogP contribution is 2.52. The van der Waals surface area contributed by atoms with E-state index in [-0.39, 0.29) is 17.2 Å². The molecule has 0 amide bonds. The summed E-state index contributed by atoms with van der Waals surface area (Å²) in [5.41, 5.74) is 5.05. The minimum Gasteiger partial charge on any atom is -0.207 e. The van der Waals surface area contributed by atoms with E-state index >= 15 is 8.78 Å². The van der Waals surface area contributed by atoms with Crippen LogP contribution in [0.15, 0.2) is 30.5 Å². The average molecular weight is 393 g/mol. The molecule has 0 N–H and O–H groups in total. The Hall–Kier alpha value is -2.29. The van der Waals surface area contributed by atoms with Crippen LogP contribution in [0, 0.1) is 18.6 Å². The second-order valence-corrected chi connectivity index (χ2v) is 9.39. The number of hydrogen-bond donors (Lipinski definition) is 0. The van der Waals surface area contributed by atoms with E-state index in [1.165, 1.54) is 5.56 Å². The summed E-state index contributed by atoms with van der Waals surface area (Å²) in [6, 6.07) is 7.46. The minimum atomic E-state index is -0.524. The molecule has 2 aliphatic rings. The van der Waals surface area contributed by atoms with Gasteiger partial charge in [-0.25, -0.2) is 8.78 Å². The standard InChI is InChI=1S/C26H28F2N/c1-6-26(7-2)12-10-16-8-9-19(27)22-20(16)24-21-17(11-13-29(24)26)23(28)15(3)14-18(21)25(22,4)5/h8-9,11,13-14H,6-7,10,12H2,1-5H3/q+1. The van der Waals surface area contributed by atoms with Crippen LogP contribution in [0.4, 0.5) is 8.78 Å². The van der Waals surface area contributed by atoms with Crippen LogP contribution < -0.4 is 4.57 Å². The van der Waals surface area contributed by atoms with Gasteiger partial charge in [0, 0.05) is 41.7 Å². The highest BCUT2D eigenvalue weighted by atomic mass is 19.1. The molecule has 1 nitrogen and oxygen atoms in total. The molecule has 0 atom stereocenters. The second-order valence-electron chi connectivity index (χ2n) is 9.39. The Morgan fingerprint density at radius 3 is 2.48 bits per heavy atom. The third kappa shape index (κ3) is 2.16. The first-order chi connectivity index (χ1) is 13.8. The molecule has 29 heavy (non-hydrogen) atoms. The summed E-state index contributed by atoms with van der Waals surface area (Å²) >= 11 is 0. The number of pyridine rings is 1. The lowest BCUT2D eigenvalue weighted by Gasteiger charge is -2.35. The predicted molar refractivity (Wildman–Crippen MR) is 113 cm³/mol. The van der Waals surface area contributed by atoms with Gasteiger partial charge < -0.3 is 0 Å². The molecule has 0 saturated carbocycles. The third-order valence-corrected chi connectivity index (χ3v) is 7.81. The zero-order valence-corrected chi connectivity index (χ0v) is 17.9. The number of aromatic nitrogens is 1. The molecule has 1 aromatic heterocycles. The average Bonchev–Trinajstić information content (AvgIpc) is 2.84. The number of aryl methyl sites for hydroxylation is 2. The van der Waals surface area contributed by atoms with Crippen molar-refractivity contribution in [3.8, 4) is 11.3 Å². The zero-order chi connectivity index (χ0) is 20.7. The summed E-state index contributed by atoms with van der Waals surface area (Å²) in [5, 5.41) is 1.62. The number of rotatable bonds is 2. The van der Waals surface area contributed by atoms with Crippen molar-refractivity contribution in [1.29, 1.82) is 0 Å². The van der Waals surface area contributed by atoms with Gasteiger partial charge >= 0.3 is 0 Å². The lowest BCUT2D eigenvalue weighted by atomic mass is 9.68. The molecule has 3 heteroatoms. The van der Waals surface area contributed by atoms with Gasteiger partial charge in [0.1, 0.15) is 11.6 Å². The summed E-state index contributed by atoms with van der Waals surface area (Å²) in [5.74, 6) is -0.322. The van der Waals surface area contributed by atoms with Crippen LogP contribution >= 0.6 is 0 Å². The molecule has 0 saturated heterocycles. The minimum absolute atomic E-state index is 0.0452. The van der Waals surface area contributed by atoms with Crippen LogP contribution in [0.2, 0.25) is 0 Å². The maximum absolute atomic E-state index is 15.4. The van der Waals surface area contributed by atoms with E-state index in [4.69, 9.17) is 0 Å². The van der Waals surface area contributed by atoms with E-state index in [9.17, 15) is 0 Å². The first-order valence-corrected chi connectivity index (χ1v) is 10.8. The van der Waals surface area contributed by atoms with E-state index in [2.05, 4.69) is 38.5 Å². The summed E-state index contributed by atoms with van der Waals surface area (Å²) in [7, 11) is 0. The van der Waals surface area contributed by atoms with Gasteiger partial charge in [-0.3, -0.25) is 0 Å². The summed E-state index contributed by atoms with van der Waals surface area (Å²) in [6.45, 7) is 10.4. The molecule has 2 heterocycles. The van der Waals surface area contributed by atoms with E-state index in [0.29, 0.717) is 10.9 Å². The zero-order valence-electron chi connectivity index (χ0n) is 17.9. The molecule has 0 spiro atoms. The highest BCUT2D eigenvalue weighted by molar-refractivity contribution is 6.01. The lowest BCUT2D eigenvalue weighted by molar-refractivity contribution is -0.756. The van der Waals surface area contributed by atoms with Gasteiger partial charge in [0.05, 0.1) is 10.9 Å². The Labute approximate surface area is 171 Å². The molecule has 150 valence electrons. The normalized spacial score (nSPS) is 18.0. The molecule has 2 aromatic carbocycles. The second kappa shape index (κ2) is 5.87. The van der Waals surface area contributed by atoms with Gasteiger partial charge in [0.2, 0.25) is 5.69 Å². The fraction of sp³-hybridized carbons (Fsp3) is 0.423. The van der Waals surface area contributed by atoms with Crippen molar-refractivity contribution >= 4 is 10.8 Å². The van der Waals surface area contributed by atoms with Crippen LogP contribution in [0.3, 0.4) is 0 Å². The molecular formula is C26H28F2N+. The van der Waals surface area contributed by atoms with Crippen molar-refractivity contribution < 1.29 is 13.3 Å². The van der Waals surface area contributed by atoms with Crippen molar-refractivity contribution in [3.05, 3.63) is 64.4 Å². The number of benzene rings is 2. The number of hydrogen-bond acceptors (Lipinski definition) is 0. The molecule has 0 bridgehead atoms. The Morgan fingerprint density at radius 1 is 1.07 bits per heavy atom. The van der Waals surface area contributed by atoms with Crippen LogP contribution in [0.5, 0.6) is 0 Å². The molecular weight excluding hydrogens is 364 g/mol. The van der Waals surface area contributed by atoms with Gasteiger partial charge in [-0.05, 0) is 36.1 Å². The van der Waals surface area contributed by atoms with Crippen molar-refractivity contribution in [3.63, 3.8) is 0 Å². The maximum Gasteiger partial charge on any atom is 0.221 e. The van der Waals surface area contributed by atoms with E-state index in [0.717, 1.165) is 53.5 Å². The van der Waals surface area contributed by atoms with Crippen LogP contribution in [-0.2, 0) is 17.4 Å². The molecule has 1 aliphatic heterocycles. The van der Waals surface area contributed by atoms with Gasteiger partial charge in [0.25, 0.3) is 0 Å². The molecule has 1 aliphatic carbocycles. The van der Waals surface area contributed by atoms with Gasteiger partial charge in [0.15, 0.2) is 11.7 Å². The quantitative estimate of drug-likeness (QED) is 0.439. The van der Waals surface area contributed by atoms with Crippen LogP contribution in [0.25, 0.3) is 22.0 Å². The van der Waals surface area contributed by atoms with Gasteiger partial charge in [-0.15, -0.1) is 0 Å². The predicted octanol–water partition coefficient (Wildman–Crippen LogP) is 6.48. The third-order valence-electron chi connectivity index (χ3n) is 7.81. The Balaban J connectivity index is 2.10. The first kappa shape index (κ1) is 18.7. The van der Waals surface area contributed by atoms with Crippen LogP contribution in [0.1, 0.15) is 69.2 Å².